The van der Waals surface area contributed by atoms with E-state index < -0.39 is 0 Å². The van der Waals surface area contributed by atoms with Gasteiger partial charge in [0.25, 0.3) is 0 Å². The number of ether oxygens (including phenoxy) is 1. The van der Waals surface area contributed by atoms with E-state index >= 15 is 0 Å². The molecule has 0 saturated heterocycles. The molecule has 1 atom stereocenters. The molecule has 3 aromatic rings. The average molecular weight is 288 g/mol. The van der Waals surface area contributed by atoms with E-state index in [1.165, 1.54) is 0 Å². The van der Waals surface area contributed by atoms with Gasteiger partial charge in [0, 0.05) is 6.42 Å². The Morgan fingerprint density at radius 1 is 1.20 bits per heavy atom. The molecule has 0 bridgehead atoms. The molecule has 1 aromatic heterocycles. The minimum atomic E-state index is -0.196. The number of aromatic nitrogens is 1. The van der Waals surface area contributed by atoms with Gasteiger partial charge < -0.3 is 9.15 Å². The third-order valence-corrected chi connectivity index (χ3v) is 3.55. The van der Waals surface area contributed by atoms with E-state index in [-0.39, 0.29) is 5.38 Å². The van der Waals surface area contributed by atoms with Gasteiger partial charge in [0.2, 0.25) is 0 Å². The molecule has 0 aliphatic rings. The second kappa shape index (κ2) is 5.55. The number of hydrogen-bond donors (Lipinski definition) is 0. The Labute approximate surface area is 122 Å². The summed E-state index contributed by atoms with van der Waals surface area (Å²) in [6.07, 6.45) is 0.545. The summed E-state index contributed by atoms with van der Waals surface area (Å²) in [5.41, 5.74) is 2.64. The second-order valence-corrected chi connectivity index (χ2v) is 5.05. The Morgan fingerprint density at radius 3 is 2.85 bits per heavy atom. The summed E-state index contributed by atoms with van der Waals surface area (Å²) in [5, 5.41) is -0.196. The monoisotopic (exact) mass is 287 g/mol. The van der Waals surface area contributed by atoms with Crippen molar-refractivity contribution in [2.24, 2.45) is 0 Å². The van der Waals surface area contributed by atoms with Crippen LogP contribution in [-0.2, 0) is 6.42 Å². The Morgan fingerprint density at radius 2 is 2.05 bits per heavy atom. The fourth-order valence-corrected chi connectivity index (χ4v) is 2.38. The lowest BCUT2D eigenvalue weighted by Crippen LogP contribution is -1.96. The van der Waals surface area contributed by atoms with Crippen LogP contribution in [0.3, 0.4) is 0 Å². The number of nitrogens with zero attached hydrogens (tertiary/aromatic N) is 1. The molecule has 102 valence electrons. The number of hydrogen-bond acceptors (Lipinski definition) is 3. The van der Waals surface area contributed by atoms with Crippen molar-refractivity contribution in [3.05, 3.63) is 60.0 Å². The van der Waals surface area contributed by atoms with Gasteiger partial charge in [0.1, 0.15) is 11.3 Å². The SMILES string of the molecule is COc1cccc(C(Cl)Cc2nc3ccccc3o2)c1. The molecular weight excluding hydrogens is 274 g/mol. The highest BCUT2D eigenvalue weighted by molar-refractivity contribution is 6.20. The van der Waals surface area contributed by atoms with Crippen LogP contribution in [0.15, 0.2) is 52.9 Å². The maximum atomic E-state index is 6.44. The van der Waals surface area contributed by atoms with Crippen LogP contribution >= 0.6 is 11.6 Å². The first-order valence-electron chi connectivity index (χ1n) is 6.39. The van der Waals surface area contributed by atoms with Crippen LogP contribution in [0, 0.1) is 0 Å². The summed E-state index contributed by atoms with van der Waals surface area (Å²) in [6, 6.07) is 15.4. The number of halogens is 1. The second-order valence-electron chi connectivity index (χ2n) is 4.52. The zero-order chi connectivity index (χ0) is 13.9. The molecule has 0 N–H and O–H groups in total. The number of oxazole rings is 1. The molecule has 0 aliphatic carbocycles. The summed E-state index contributed by atoms with van der Waals surface area (Å²) in [5.74, 6) is 1.44. The van der Waals surface area contributed by atoms with Gasteiger partial charge >= 0.3 is 0 Å². The van der Waals surface area contributed by atoms with Crippen molar-refractivity contribution < 1.29 is 9.15 Å². The minimum Gasteiger partial charge on any atom is -0.497 e. The largest absolute Gasteiger partial charge is 0.497 e. The van der Waals surface area contributed by atoms with E-state index in [4.69, 9.17) is 20.8 Å². The number of para-hydroxylation sites is 2. The van der Waals surface area contributed by atoms with Crippen LogP contribution in [0.2, 0.25) is 0 Å². The van der Waals surface area contributed by atoms with Gasteiger partial charge in [0.15, 0.2) is 11.5 Å². The summed E-state index contributed by atoms with van der Waals surface area (Å²) in [4.78, 5) is 4.44. The van der Waals surface area contributed by atoms with Crippen molar-refractivity contribution in [2.75, 3.05) is 7.11 Å². The van der Waals surface area contributed by atoms with E-state index in [9.17, 15) is 0 Å². The summed E-state index contributed by atoms with van der Waals surface area (Å²) in [6.45, 7) is 0. The van der Waals surface area contributed by atoms with E-state index in [0.29, 0.717) is 12.3 Å². The van der Waals surface area contributed by atoms with Crippen molar-refractivity contribution in [2.45, 2.75) is 11.8 Å². The van der Waals surface area contributed by atoms with Crippen molar-refractivity contribution in [1.29, 1.82) is 0 Å². The summed E-state index contributed by atoms with van der Waals surface area (Å²) in [7, 11) is 1.64. The Balaban J connectivity index is 1.82. The Kier molecular flexibility index (Phi) is 3.61. The summed E-state index contributed by atoms with van der Waals surface area (Å²) < 4.78 is 10.9. The van der Waals surface area contributed by atoms with Crippen LogP contribution < -0.4 is 4.74 Å². The zero-order valence-electron chi connectivity index (χ0n) is 11.0. The molecule has 0 saturated carbocycles. The van der Waals surface area contributed by atoms with E-state index in [2.05, 4.69) is 4.98 Å². The topological polar surface area (TPSA) is 35.3 Å². The van der Waals surface area contributed by atoms with Crippen molar-refractivity contribution >= 4 is 22.7 Å². The quantitative estimate of drug-likeness (QED) is 0.669. The van der Waals surface area contributed by atoms with Gasteiger partial charge in [-0.15, -0.1) is 11.6 Å². The first kappa shape index (κ1) is 13.0. The molecule has 1 unspecified atom stereocenters. The lowest BCUT2D eigenvalue weighted by molar-refractivity contribution is 0.414. The maximum absolute atomic E-state index is 6.44. The zero-order valence-corrected chi connectivity index (χ0v) is 11.8. The maximum Gasteiger partial charge on any atom is 0.197 e. The fraction of sp³-hybridized carbons (Fsp3) is 0.188. The molecule has 4 heteroatoms. The Bertz CT molecular complexity index is 690. The first-order valence-corrected chi connectivity index (χ1v) is 6.82. The van der Waals surface area contributed by atoms with Gasteiger partial charge in [-0.25, -0.2) is 4.98 Å². The molecular formula is C16H14ClNO2. The standard InChI is InChI=1S/C16H14ClNO2/c1-19-12-6-4-5-11(9-12)13(17)10-16-18-14-7-2-3-8-15(14)20-16/h2-9,13H,10H2,1H3. The molecule has 1 heterocycles. The van der Waals surface area contributed by atoms with E-state index in [0.717, 1.165) is 22.4 Å². The minimum absolute atomic E-state index is 0.196. The number of alkyl halides is 1. The van der Waals surface area contributed by atoms with Crippen molar-refractivity contribution in [3.8, 4) is 5.75 Å². The number of fused-ring (bicyclic) bond motifs is 1. The highest BCUT2D eigenvalue weighted by Crippen LogP contribution is 2.28. The predicted octanol–water partition coefficient (Wildman–Crippen LogP) is 4.36. The lowest BCUT2D eigenvalue weighted by atomic mass is 10.1. The fourth-order valence-electron chi connectivity index (χ4n) is 2.11. The van der Waals surface area contributed by atoms with E-state index in [1.54, 1.807) is 7.11 Å². The lowest BCUT2D eigenvalue weighted by Gasteiger charge is -2.09. The van der Waals surface area contributed by atoms with Gasteiger partial charge in [0.05, 0.1) is 12.5 Å². The molecule has 3 nitrogen and oxygen atoms in total. The molecule has 0 amide bonds. The van der Waals surface area contributed by atoms with Crippen molar-refractivity contribution in [3.63, 3.8) is 0 Å². The highest BCUT2D eigenvalue weighted by Gasteiger charge is 2.14. The summed E-state index contributed by atoms with van der Waals surface area (Å²) >= 11 is 6.44. The highest BCUT2D eigenvalue weighted by atomic mass is 35.5. The van der Waals surface area contributed by atoms with Gasteiger partial charge in [-0.05, 0) is 29.8 Å². The predicted molar refractivity (Wildman–Crippen MR) is 79.3 cm³/mol. The van der Waals surface area contributed by atoms with Crippen LogP contribution in [0.5, 0.6) is 5.75 Å². The van der Waals surface area contributed by atoms with Crippen LogP contribution in [0.1, 0.15) is 16.8 Å². The molecule has 0 fully saturated rings. The van der Waals surface area contributed by atoms with Gasteiger partial charge in [-0.3, -0.25) is 0 Å². The molecule has 2 aromatic carbocycles. The number of benzene rings is 2. The number of methoxy groups -OCH3 is 1. The van der Waals surface area contributed by atoms with E-state index in [1.807, 2.05) is 48.5 Å². The van der Waals surface area contributed by atoms with Gasteiger partial charge in [-0.2, -0.15) is 0 Å². The first-order chi connectivity index (χ1) is 9.76. The van der Waals surface area contributed by atoms with Crippen LogP contribution in [0.25, 0.3) is 11.1 Å². The van der Waals surface area contributed by atoms with Gasteiger partial charge in [-0.1, -0.05) is 24.3 Å². The van der Waals surface area contributed by atoms with Crippen molar-refractivity contribution in [1.82, 2.24) is 4.98 Å². The smallest absolute Gasteiger partial charge is 0.197 e. The molecule has 0 radical (unpaired) electrons. The molecule has 3 rings (SSSR count). The Hall–Kier alpha value is -2.00. The van der Waals surface area contributed by atoms with Crippen LogP contribution in [0.4, 0.5) is 0 Å². The third-order valence-electron chi connectivity index (χ3n) is 3.15. The molecule has 0 spiro atoms. The normalized spacial score (nSPS) is 12.5. The van der Waals surface area contributed by atoms with Crippen LogP contribution in [-0.4, -0.2) is 12.1 Å². The third kappa shape index (κ3) is 2.63. The molecule has 20 heavy (non-hydrogen) atoms. The average Bonchev–Trinajstić information content (AvgIpc) is 2.89. The number of rotatable bonds is 4. The molecule has 0 aliphatic heterocycles.